The number of nitrogens with one attached hydrogen (secondary N) is 1. The fraction of sp³-hybridized carbons (Fsp3) is 0.909. The second kappa shape index (κ2) is 6.94. The SMILES string of the molecule is CN=C(NCCS(C)(=O)=O)N(C)CC1CCOC1. The summed E-state index contributed by atoms with van der Waals surface area (Å²) in [5.74, 6) is 1.38. The van der Waals surface area contributed by atoms with Crippen molar-refractivity contribution < 1.29 is 13.2 Å². The monoisotopic (exact) mass is 277 g/mol. The van der Waals surface area contributed by atoms with Gasteiger partial charge in [-0.3, -0.25) is 4.99 Å². The summed E-state index contributed by atoms with van der Waals surface area (Å²) in [6.07, 6.45) is 2.31. The molecule has 0 spiro atoms. The molecular weight excluding hydrogens is 254 g/mol. The highest BCUT2D eigenvalue weighted by molar-refractivity contribution is 7.90. The number of nitrogens with zero attached hydrogens (tertiary/aromatic N) is 2. The van der Waals surface area contributed by atoms with E-state index in [0.717, 1.165) is 32.1 Å². The maximum Gasteiger partial charge on any atom is 0.193 e. The van der Waals surface area contributed by atoms with Crippen LogP contribution in [-0.4, -0.2) is 71.7 Å². The van der Waals surface area contributed by atoms with E-state index < -0.39 is 9.84 Å². The summed E-state index contributed by atoms with van der Waals surface area (Å²) in [5.41, 5.74) is 0. The van der Waals surface area contributed by atoms with Crippen molar-refractivity contribution in [2.24, 2.45) is 10.9 Å². The smallest absolute Gasteiger partial charge is 0.193 e. The minimum absolute atomic E-state index is 0.117. The fourth-order valence-corrected chi connectivity index (χ4v) is 2.41. The molecule has 1 rings (SSSR count). The molecule has 1 heterocycles. The molecule has 6 nitrogen and oxygen atoms in total. The van der Waals surface area contributed by atoms with Gasteiger partial charge >= 0.3 is 0 Å². The van der Waals surface area contributed by atoms with Crippen molar-refractivity contribution in [3.8, 4) is 0 Å². The lowest BCUT2D eigenvalue weighted by Crippen LogP contribution is -2.42. The molecule has 1 aliphatic rings. The molecule has 0 amide bonds. The predicted molar refractivity (Wildman–Crippen MR) is 72.6 cm³/mol. The van der Waals surface area contributed by atoms with Gasteiger partial charge in [0.05, 0.1) is 12.4 Å². The molecule has 1 unspecified atom stereocenters. The minimum atomic E-state index is -2.93. The maximum absolute atomic E-state index is 11.0. The van der Waals surface area contributed by atoms with Gasteiger partial charge in [-0.05, 0) is 6.42 Å². The van der Waals surface area contributed by atoms with E-state index in [1.54, 1.807) is 7.05 Å². The first-order chi connectivity index (χ1) is 8.42. The molecule has 1 aliphatic heterocycles. The Kier molecular flexibility index (Phi) is 5.87. The molecule has 0 aromatic rings. The summed E-state index contributed by atoms with van der Waals surface area (Å²) in [6, 6.07) is 0. The Hall–Kier alpha value is -0.820. The van der Waals surface area contributed by atoms with Crippen LogP contribution in [-0.2, 0) is 14.6 Å². The lowest BCUT2D eigenvalue weighted by molar-refractivity contribution is 0.181. The number of guanidine groups is 1. The number of ether oxygens (including phenoxy) is 1. The second-order valence-corrected chi connectivity index (χ2v) is 6.97. The van der Waals surface area contributed by atoms with E-state index in [1.807, 2.05) is 11.9 Å². The Balaban J connectivity index is 2.35. The average Bonchev–Trinajstić information content (AvgIpc) is 2.75. The van der Waals surface area contributed by atoms with Gasteiger partial charge in [0, 0.05) is 46.0 Å². The van der Waals surface area contributed by atoms with Crippen molar-refractivity contribution in [3.05, 3.63) is 0 Å². The summed E-state index contributed by atoms with van der Waals surface area (Å²) in [4.78, 5) is 6.16. The molecule has 106 valence electrons. The fourth-order valence-electron chi connectivity index (χ4n) is 1.93. The lowest BCUT2D eigenvalue weighted by Gasteiger charge is -2.24. The zero-order chi connectivity index (χ0) is 13.6. The third-order valence-corrected chi connectivity index (χ3v) is 3.83. The van der Waals surface area contributed by atoms with Gasteiger partial charge in [-0.2, -0.15) is 0 Å². The van der Waals surface area contributed by atoms with Crippen molar-refractivity contribution in [2.45, 2.75) is 6.42 Å². The average molecular weight is 277 g/mol. The first kappa shape index (κ1) is 15.2. The highest BCUT2D eigenvalue weighted by atomic mass is 32.2. The van der Waals surface area contributed by atoms with Crippen LogP contribution in [0.4, 0.5) is 0 Å². The molecule has 0 bridgehead atoms. The van der Waals surface area contributed by atoms with E-state index in [1.165, 1.54) is 6.26 Å². The zero-order valence-corrected chi connectivity index (χ0v) is 12.2. The molecule has 1 saturated heterocycles. The van der Waals surface area contributed by atoms with Crippen molar-refractivity contribution in [2.75, 3.05) is 52.4 Å². The Morgan fingerprint density at radius 2 is 2.28 bits per heavy atom. The quantitative estimate of drug-likeness (QED) is 0.546. The Morgan fingerprint density at radius 3 is 2.78 bits per heavy atom. The molecule has 1 N–H and O–H groups in total. The van der Waals surface area contributed by atoms with Gasteiger partial charge in [-0.15, -0.1) is 0 Å². The second-order valence-electron chi connectivity index (χ2n) is 4.71. The third-order valence-electron chi connectivity index (χ3n) is 2.89. The van der Waals surface area contributed by atoms with Crippen LogP contribution in [0.3, 0.4) is 0 Å². The van der Waals surface area contributed by atoms with Crippen molar-refractivity contribution in [3.63, 3.8) is 0 Å². The molecule has 0 aliphatic carbocycles. The van der Waals surface area contributed by atoms with Gasteiger partial charge in [0.1, 0.15) is 9.84 Å². The Labute approximate surface area is 109 Å². The zero-order valence-electron chi connectivity index (χ0n) is 11.3. The van der Waals surface area contributed by atoms with Crippen LogP contribution < -0.4 is 5.32 Å². The summed E-state index contributed by atoms with van der Waals surface area (Å²) in [5, 5.41) is 3.06. The highest BCUT2D eigenvalue weighted by Gasteiger charge is 2.19. The largest absolute Gasteiger partial charge is 0.381 e. The molecule has 0 aromatic heterocycles. The van der Waals surface area contributed by atoms with Gasteiger partial charge in [0.15, 0.2) is 5.96 Å². The maximum atomic E-state index is 11.0. The molecular formula is C11H23N3O3S. The van der Waals surface area contributed by atoms with Crippen LogP contribution in [0.25, 0.3) is 0 Å². The van der Waals surface area contributed by atoms with Gasteiger partial charge in [0.2, 0.25) is 0 Å². The third kappa shape index (κ3) is 5.68. The molecule has 1 fully saturated rings. The molecule has 18 heavy (non-hydrogen) atoms. The summed E-state index contributed by atoms with van der Waals surface area (Å²) >= 11 is 0. The number of aliphatic imine (C=N–C) groups is 1. The van der Waals surface area contributed by atoms with Gasteiger partial charge in [-0.1, -0.05) is 0 Å². The number of sulfone groups is 1. The summed E-state index contributed by atoms with van der Waals surface area (Å²) in [6.45, 7) is 2.89. The van der Waals surface area contributed by atoms with Crippen LogP contribution in [0.2, 0.25) is 0 Å². The van der Waals surface area contributed by atoms with Crippen molar-refractivity contribution in [1.82, 2.24) is 10.2 Å². The van der Waals surface area contributed by atoms with E-state index in [-0.39, 0.29) is 5.75 Å². The summed E-state index contributed by atoms with van der Waals surface area (Å²) < 4.78 is 27.4. The molecule has 0 saturated carbocycles. The molecule has 0 radical (unpaired) electrons. The van der Waals surface area contributed by atoms with Gasteiger partial charge < -0.3 is 15.0 Å². The molecule has 0 aromatic carbocycles. The number of rotatable bonds is 5. The first-order valence-electron chi connectivity index (χ1n) is 6.09. The van der Waals surface area contributed by atoms with Gasteiger partial charge in [-0.25, -0.2) is 8.42 Å². The van der Waals surface area contributed by atoms with Crippen molar-refractivity contribution >= 4 is 15.8 Å². The van der Waals surface area contributed by atoms with E-state index in [0.29, 0.717) is 12.5 Å². The Morgan fingerprint density at radius 1 is 1.56 bits per heavy atom. The topological polar surface area (TPSA) is 71.0 Å². The van der Waals surface area contributed by atoms with Crippen LogP contribution in [0.1, 0.15) is 6.42 Å². The van der Waals surface area contributed by atoms with Crippen LogP contribution >= 0.6 is 0 Å². The standard InChI is InChI=1S/C11H23N3O3S/c1-12-11(13-5-7-18(3,15)16)14(2)8-10-4-6-17-9-10/h10H,4-9H2,1-3H3,(H,12,13). The van der Waals surface area contributed by atoms with E-state index >= 15 is 0 Å². The van der Waals surface area contributed by atoms with Gasteiger partial charge in [0.25, 0.3) is 0 Å². The highest BCUT2D eigenvalue weighted by Crippen LogP contribution is 2.13. The van der Waals surface area contributed by atoms with Crippen molar-refractivity contribution in [1.29, 1.82) is 0 Å². The van der Waals surface area contributed by atoms with Crippen LogP contribution in [0.15, 0.2) is 4.99 Å². The summed E-state index contributed by atoms with van der Waals surface area (Å²) in [7, 11) is 0.719. The minimum Gasteiger partial charge on any atom is -0.381 e. The molecule has 1 atom stereocenters. The normalized spacial score (nSPS) is 21.1. The van der Waals surface area contributed by atoms with E-state index in [2.05, 4.69) is 10.3 Å². The van der Waals surface area contributed by atoms with E-state index in [4.69, 9.17) is 4.74 Å². The predicted octanol–water partition coefficient (Wildman–Crippen LogP) is -0.425. The number of hydrogen-bond acceptors (Lipinski definition) is 4. The Bertz CT molecular complexity index is 375. The lowest BCUT2D eigenvalue weighted by atomic mass is 10.1. The van der Waals surface area contributed by atoms with Crippen LogP contribution in [0.5, 0.6) is 0 Å². The van der Waals surface area contributed by atoms with E-state index in [9.17, 15) is 8.42 Å². The van der Waals surface area contributed by atoms with Crippen LogP contribution in [0, 0.1) is 5.92 Å². The first-order valence-corrected chi connectivity index (χ1v) is 8.15. The molecule has 7 heteroatoms. The number of hydrogen-bond donors (Lipinski definition) is 1.